The minimum Gasteiger partial charge on any atom is -0.388 e. The number of oxime groups is 1. The molecule has 32 heavy (non-hydrogen) atoms. The summed E-state index contributed by atoms with van der Waals surface area (Å²) in [4.78, 5) is 23.2. The lowest BCUT2D eigenvalue weighted by molar-refractivity contribution is -0.154. The van der Waals surface area contributed by atoms with Gasteiger partial charge in [0.1, 0.15) is 5.60 Å². The van der Waals surface area contributed by atoms with E-state index in [4.69, 9.17) is 21.3 Å². The molecule has 0 unspecified atom stereocenters. The fourth-order valence-electron chi connectivity index (χ4n) is 3.75. The Hall–Kier alpha value is -2.78. The number of rotatable bonds is 3. The molecule has 1 saturated heterocycles. The molecular formula is C22H21ClF3N3O3. The van der Waals surface area contributed by atoms with Crippen LogP contribution in [0.4, 0.5) is 23.7 Å². The Balaban J connectivity index is 1.29. The number of halogens is 4. The zero-order valence-electron chi connectivity index (χ0n) is 17.2. The maximum atomic E-state index is 13.0. The van der Waals surface area contributed by atoms with E-state index in [1.165, 1.54) is 16.7 Å². The van der Waals surface area contributed by atoms with E-state index in [9.17, 15) is 18.0 Å². The molecule has 0 atom stereocenters. The van der Waals surface area contributed by atoms with E-state index < -0.39 is 28.5 Å². The first-order valence-corrected chi connectivity index (χ1v) is 10.4. The lowest BCUT2D eigenvalue weighted by atomic mass is 9.86. The topological polar surface area (TPSA) is 63.2 Å². The number of anilines is 1. The van der Waals surface area contributed by atoms with Gasteiger partial charge in [-0.25, -0.2) is 4.79 Å². The second-order valence-corrected chi connectivity index (χ2v) is 8.39. The predicted octanol–water partition coefficient (Wildman–Crippen LogP) is 5.79. The Kier molecular flexibility index (Phi) is 6.05. The lowest BCUT2D eigenvalue weighted by Gasteiger charge is -2.35. The molecule has 0 aromatic heterocycles. The Bertz CT molecular complexity index is 1030. The van der Waals surface area contributed by atoms with Gasteiger partial charge in [-0.1, -0.05) is 46.6 Å². The Morgan fingerprint density at radius 2 is 1.88 bits per heavy atom. The second-order valence-electron chi connectivity index (χ2n) is 7.98. The van der Waals surface area contributed by atoms with Crippen LogP contribution in [0, 0.1) is 6.92 Å². The second kappa shape index (κ2) is 8.63. The fraction of sp³-hybridized carbons (Fsp3) is 0.364. The van der Waals surface area contributed by atoms with Crippen molar-refractivity contribution in [2.75, 3.05) is 18.4 Å². The van der Waals surface area contributed by atoms with Crippen LogP contribution in [0.5, 0.6) is 0 Å². The van der Waals surface area contributed by atoms with Crippen molar-refractivity contribution in [2.45, 2.75) is 38.0 Å². The number of piperidine rings is 1. The Morgan fingerprint density at radius 1 is 1.19 bits per heavy atom. The highest BCUT2D eigenvalue weighted by Crippen LogP contribution is 2.37. The van der Waals surface area contributed by atoms with Gasteiger partial charge >= 0.3 is 12.3 Å². The Labute approximate surface area is 187 Å². The molecule has 2 heterocycles. The van der Waals surface area contributed by atoms with Gasteiger partial charge < -0.3 is 9.68 Å². The summed E-state index contributed by atoms with van der Waals surface area (Å²) in [7, 11) is 0. The minimum absolute atomic E-state index is 0.0597. The fourth-order valence-corrected chi connectivity index (χ4v) is 3.98. The summed E-state index contributed by atoms with van der Waals surface area (Å²) < 4.78 is 38.9. The summed E-state index contributed by atoms with van der Waals surface area (Å²) in [6.07, 6.45) is -3.64. The molecule has 2 aromatic rings. The first kappa shape index (κ1) is 22.4. The summed E-state index contributed by atoms with van der Waals surface area (Å²) in [6, 6.07) is 11.2. The van der Waals surface area contributed by atoms with Crippen molar-refractivity contribution in [3.05, 3.63) is 64.2 Å². The largest absolute Gasteiger partial charge is 0.430 e. The highest BCUT2D eigenvalue weighted by molar-refractivity contribution is 6.31. The van der Waals surface area contributed by atoms with Crippen LogP contribution in [0.25, 0.3) is 0 Å². The number of alkyl halides is 3. The van der Waals surface area contributed by atoms with E-state index in [-0.39, 0.29) is 5.69 Å². The third kappa shape index (κ3) is 4.99. The van der Waals surface area contributed by atoms with Crippen LogP contribution in [0.2, 0.25) is 5.02 Å². The van der Waals surface area contributed by atoms with E-state index in [1.54, 1.807) is 0 Å². The SMILES string of the molecule is Cc1ccc(C2=NOC3(CCN(OC(=O)Nc4ccc(Cl)c(C(F)(F)F)c4)CC3)C2)cc1. The lowest BCUT2D eigenvalue weighted by Crippen LogP contribution is -2.45. The van der Waals surface area contributed by atoms with Crippen LogP contribution < -0.4 is 5.32 Å². The molecule has 10 heteroatoms. The van der Waals surface area contributed by atoms with Gasteiger partial charge in [0.05, 0.1) is 16.3 Å². The quantitative estimate of drug-likeness (QED) is 0.620. The van der Waals surface area contributed by atoms with Gasteiger partial charge in [-0.05, 0) is 30.7 Å². The molecule has 1 amide bonds. The summed E-state index contributed by atoms with van der Waals surface area (Å²) in [5.41, 5.74) is 1.55. The van der Waals surface area contributed by atoms with Gasteiger partial charge in [0.2, 0.25) is 0 Å². The number of nitrogens with one attached hydrogen (secondary N) is 1. The molecule has 1 spiro atoms. The summed E-state index contributed by atoms with van der Waals surface area (Å²) in [6.45, 7) is 2.85. The van der Waals surface area contributed by atoms with Crippen molar-refractivity contribution in [2.24, 2.45) is 5.16 Å². The molecule has 0 bridgehead atoms. The van der Waals surface area contributed by atoms with Crippen molar-refractivity contribution in [1.82, 2.24) is 5.06 Å². The number of carbonyl (C=O) groups is 1. The molecule has 0 radical (unpaired) electrons. The Morgan fingerprint density at radius 3 is 2.53 bits per heavy atom. The van der Waals surface area contributed by atoms with Gasteiger partial charge in [0, 0.05) is 38.0 Å². The third-order valence-corrected chi connectivity index (χ3v) is 5.92. The van der Waals surface area contributed by atoms with E-state index in [0.29, 0.717) is 32.4 Å². The summed E-state index contributed by atoms with van der Waals surface area (Å²) in [5, 5.41) is 7.60. The standard InChI is InChI=1S/C22H21ClF3N3O3/c1-14-2-4-15(5-3-14)19-13-21(32-28-19)8-10-29(11-9-21)31-20(30)27-16-6-7-18(23)17(12-16)22(24,25)26/h2-7,12H,8-11,13H2,1H3,(H,27,30). The molecule has 1 N–H and O–H groups in total. The summed E-state index contributed by atoms with van der Waals surface area (Å²) in [5.74, 6) is 0. The maximum Gasteiger partial charge on any atom is 0.430 e. The zero-order chi connectivity index (χ0) is 22.9. The third-order valence-electron chi connectivity index (χ3n) is 5.59. The molecule has 2 aliphatic heterocycles. The van der Waals surface area contributed by atoms with Crippen molar-refractivity contribution < 1.29 is 27.6 Å². The van der Waals surface area contributed by atoms with Crippen molar-refractivity contribution in [1.29, 1.82) is 0 Å². The zero-order valence-corrected chi connectivity index (χ0v) is 18.0. The van der Waals surface area contributed by atoms with Crippen molar-refractivity contribution >= 4 is 29.1 Å². The first-order valence-electron chi connectivity index (χ1n) is 10.1. The van der Waals surface area contributed by atoms with Crippen LogP contribution in [0.1, 0.15) is 36.0 Å². The maximum absolute atomic E-state index is 13.0. The molecule has 6 nitrogen and oxygen atoms in total. The average molecular weight is 468 g/mol. The van der Waals surface area contributed by atoms with Gasteiger partial charge in [-0.2, -0.15) is 13.2 Å². The highest BCUT2D eigenvalue weighted by Gasteiger charge is 2.43. The first-order chi connectivity index (χ1) is 15.1. The van der Waals surface area contributed by atoms with Crippen LogP contribution in [-0.4, -0.2) is 35.6 Å². The highest BCUT2D eigenvalue weighted by atomic mass is 35.5. The number of aryl methyl sites for hydroxylation is 1. The number of carbonyl (C=O) groups excluding carboxylic acids is 1. The van der Waals surface area contributed by atoms with E-state index >= 15 is 0 Å². The normalized spacial score (nSPS) is 18.2. The molecule has 2 aliphatic rings. The molecule has 0 saturated carbocycles. The minimum atomic E-state index is -4.62. The number of hydrogen-bond acceptors (Lipinski definition) is 5. The number of hydroxylamine groups is 2. The van der Waals surface area contributed by atoms with E-state index in [2.05, 4.69) is 10.5 Å². The molecule has 2 aromatic carbocycles. The molecule has 0 aliphatic carbocycles. The summed E-state index contributed by atoms with van der Waals surface area (Å²) >= 11 is 5.60. The van der Waals surface area contributed by atoms with E-state index in [1.807, 2.05) is 31.2 Å². The number of amides is 1. The molecule has 4 rings (SSSR count). The molecular weight excluding hydrogens is 447 g/mol. The molecule has 170 valence electrons. The van der Waals surface area contributed by atoms with Crippen molar-refractivity contribution in [3.8, 4) is 0 Å². The van der Waals surface area contributed by atoms with E-state index in [0.717, 1.165) is 23.4 Å². The number of benzene rings is 2. The van der Waals surface area contributed by atoms with Gasteiger partial charge in [-0.15, -0.1) is 5.06 Å². The molecule has 1 fully saturated rings. The van der Waals surface area contributed by atoms with Gasteiger partial charge in [0.25, 0.3) is 0 Å². The predicted molar refractivity (Wildman–Crippen MR) is 114 cm³/mol. The smallest absolute Gasteiger partial charge is 0.388 e. The van der Waals surface area contributed by atoms with Crippen LogP contribution in [0.15, 0.2) is 47.6 Å². The van der Waals surface area contributed by atoms with Gasteiger partial charge in [-0.3, -0.25) is 5.32 Å². The van der Waals surface area contributed by atoms with Crippen LogP contribution in [0.3, 0.4) is 0 Å². The number of nitrogens with zero attached hydrogens (tertiary/aromatic N) is 2. The number of hydrogen-bond donors (Lipinski definition) is 1. The van der Waals surface area contributed by atoms with Gasteiger partial charge in [0.15, 0.2) is 0 Å². The van der Waals surface area contributed by atoms with Crippen molar-refractivity contribution in [3.63, 3.8) is 0 Å². The van der Waals surface area contributed by atoms with Crippen LogP contribution in [-0.2, 0) is 15.9 Å². The monoisotopic (exact) mass is 467 g/mol. The van der Waals surface area contributed by atoms with Crippen LogP contribution >= 0.6 is 11.6 Å². The average Bonchev–Trinajstić information content (AvgIpc) is 3.15.